The first-order valence-corrected chi connectivity index (χ1v) is 8.51. The highest BCUT2D eigenvalue weighted by Crippen LogP contribution is 2.37. The molecule has 0 saturated carbocycles. The maximum atomic E-state index is 6.07. The first-order chi connectivity index (χ1) is 10.8. The van der Waals surface area contributed by atoms with Gasteiger partial charge >= 0.3 is 0 Å². The van der Waals surface area contributed by atoms with Crippen molar-refractivity contribution in [2.45, 2.75) is 36.8 Å². The smallest absolute Gasteiger partial charge is 0.122 e. The SMILES string of the molecule is COc1ccccc1C1CCN([C@@H]2COC3(CNC3)C2)CC1. The van der Waals surface area contributed by atoms with Crippen LogP contribution in [0.15, 0.2) is 24.3 Å². The van der Waals surface area contributed by atoms with Crippen LogP contribution >= 0.6 is 0 Å². The van der Waals surface area contributed by atoms with E-state index in [1.807, 2.05) is 0 Å². The summed E-state index contributed by atoms with van der Waals surface area (Å²) in [5.74, 6) is 1.68. The predicted octanol–water partition coefficient (Wildman–Crippen LogP) is 2.01. The van der Waals surface area contributed by atoms with Crippen molar-refractivity contribution in [3.05, 3.63) is 29.8 Å². The van der Waals surface area contributed by atoms with Crippen LogP contribution in [-0.4, -0.2) is 56.4 Å². The largest absolute Gasteiger partial charge is 0.496 e. The number of hydrogen-bond acceptors (Lipinski definition) is 4. The molecule has 1 atom stereocenters. The molecule has 4 nitrogen and oxygen atoms in total. The summed E-state index contributed by atoms with van der Waals surface area (Å²) in [6, 6.07) is 9.12. The van der Waals surface area contributed by atoms with E-state index < -0.39 is 0 Å². The van der Waals surface area contributed by atoms with E-state index in [4.69, 9.17) is 9.47 Å². The van der Waals surface area contributed by atoms with E-state index in [0.717, 1.165) is 25.4 Å². The Kier molecular flexibility index (Phi) is 3.84. The summed E-state index contributed by atoms with van der Waals surface area (Å²) in [6.45, 7) is 5.36. The number of rotatable bonds is 3. The van der Waals surface area contributed by atoms with Gasteiger partial charge in [-0.15, -0.1) is 0 Å². The van der Waals surface area contributed by atoms with Gasteiger partial charge in [0.15, 0.2) is 0 Å². The lowest BCUT2D eigenvalue weighted by Crippen LogP contribution is -2.59. The number of likely N-dealkylation sites (tertiary alicyclic amines) is 1. The fraction of sp³-hybridized carbons (Fsp3) is 0.667. The van der Waals surface area contributed by atoms with Crippen molar-refractivity contribution in [1.29, 1.82) is 0 Å². The molecule has 1 spiro atoms. The second-order valence-corrected chi connectivity index (χ2v) is 7.01. The third-order valence-electron chi connectivity index (χ3n) is 5.71. The van der Waals surface area contributed by atoms with E-state index in [2.05, 4.69) is 34.5 Å². The third-order valence-corrected chi connectivity index (χ3v) is 5.71. The van der Waals surface area contributed by atoms with Crippen molar-refractivity contribution in [1.82, 2.24) is 10.2 Å². The predicted molar refractivity (Wildman–Crippen MR) is 86.5 cm³/mol. The number of benzene rings is 1. The van der Waals surface area contributed by atoms with Crippen LogP contribution in [0.2, 0.25) is 0 Å². The molecular weight excluding hydrogens is 276 g/mol. The van der Waals surface area contributed by atoms with Crippen LogP contribution < -0.4 is 10.1 Å². The van der Waals surface area contributed by atoms with Gasteiger partial charge in [0.1, 0.15) is 5.75 Å². The number of ether oxygens (including phenoxy) is 2. The zero-order valence-electron chi connectivity index (χ0n) is 13.4. The molecule has 0 bridgehead atoms. The molecule has 3 saturated heterocycles. The Morgan fingerprint density at radius 2 is 2.00 bits per heavy atom. The molecule has 3 aliphatic rings. The first kappa shape index (κ1) is 14.5. The average Bonchev–Trinajstić information content (AvgIpc) is 3.01. The normalized spacial score (nSPS) is 28.7. The van der Waals surface area contributed by atoms with Gasteiger partial charge in [-0.1, -0.05) is 18.2 Å². The van der Waals surface area contributed by atoms with Gasteiger partial charge in [0.05, 0.1) is 19.3 Å². The summed E-state index contributed by atoms with van der Waals surface area (Å²) in [4.78, 5) is 2.65. The summed E-state index contributed by atoms with van der Waals surface area (Å²) in [6.07, 6.45) is 3.66. The van der Waals surface area contributed by atoms with Crippen LogP contribution in [-0.2, 0) is 4.74 Å². The molecule has 22 heavy (non-hydrogen) atoms. The van der Waals surface area contributed by atoms with E-state index in [0.29, 0.717) is 12.0 Å². The van der Waals surface area contributed by atoms with Crippen molar-refractivity contribution in [3.8, 4) is 5.75 Å². The van der Waals surface area contributed by atoms with Crippen LogP contribution in [0.3, 0.4) is 0 Å². The minimum Gasteiger partial charge on any atom is -0.496 e. The van der Waals surface area contributed by atoms with Crippen LogP contribution in [0.1, 0.15) is 30.7 Å². The van der Waals surface area contributed by atoms with Crippen molar-refractivity contribution in [2.24, 2.45) is 0 Å². The number of piperidine rings is 1. The van der Waals surface area contributed by atoms with E-state index in [-0.39, 0.29) is 5.60 Å². The van der Waals surface area contributed by atoms with E-state index in [1.165, 1.54) is 37.9 Å². The second kappa shape index (κ2) is 5.84. The summed E-state index contributed by atoms with van der Waals surface area (Å²) in [5, 5.41) is 3.35. The Morgan fingerprint density at radius 3 is 2.64 bits per heavy atom. The van der Waals surface area contributed by atoms with Crippen molar-refractivity contribution in [3.63, 3.8) is 0 Å². The van der Waals surface area contributed by atoms with Crippen molar-refractivity contribution in [2.75, 3.05) is 39.9 Å². The van der Waals surface area contributed by atoms with Gasteiger partial charge in [-0.3, -0.25) is 4.90 Å². The highest BCUT2D eigenvalue weighted by Gasteiger charge is 2.47. The molecule has 1 N–H and O–H groups in total. The molecule has 0 aromatic heterocycles. The Morgan fingerprint density at radius 1 is 1.23 bits per heavy atom. The maximum Gasteiger partial charge on any atom is 0.122 e. The van der Waals surface area contributed by atoms with Gasteiger partial charge in [-0.2, -0.15) is 0 Å². The van der Waals surface area contributed by atoms with Crippen molar-refractivity contribution < 1.29 is 9.47 Å². The van der Waals surface area contributed by atoms with Crippen molar-refractivity contribution >= 4 is 0 Å². The first-order valence-electron chi connectivity index (χ1n) is 8.51. The second-order valence-electron chi connectivity index (χ2n) is 7.01. The molecule has 0 radical (unpaired) electrons. The van der Waals surface area contributed by atoms with Crippen LogP contribution in [0.25, 0.3) is 0 Å². The van der Waals surface area contributed by atoms with Gasteiger partial charge in [0.25, 0.3) is 0 Å². The van der Waals surface area contributed by atoms with Gasteiger partial charge in [0.2, 0.25) is 0 Å². The van der Waals surface area contributed by atoms with Gasteiger partial charge in [-0.05, 0) is 49.9 Å². The Labute approximate surface area is 132 Å². The van der Waals surface area contributed by atoms with Crippen LogP contribution in [0.5, 0.6) is 5.75 Å². The highest BCUT2D eigenvalue weighted by atomic mass is 16.5. The molecule has 0 aliphatic carbocycles. The Hall–Kier alpha value is -1.10. The van der Waals surface area contributed by atoms with Gasteiger partial charge < -0.3 is 14.8 Å². The molecule has 120 valence electrons. The summed E-state index contributed by atoms with van der Waals surface area (Å²) in [5.41, 5.74) is 1.55. The molecule has 4 heteroatoms. The standard InChI is InChI=1S/C18H26N2O2/c1-21-17-5-3-2-4-16(17)14-6-8-20(9-7-14)15-10-18(22-11-15)12-19-13-18/h2-5,14-15,19H,6-13H2,1H3/t15-/m0/s1. The summed E-state index contributed by atoms with van der Waals surface area (Å²) in [7, 11) is 1.77. The van der Waals surface area contributed by atoms with E-state index in [9.17, 15) is 0 Å². The number of nitrogens with zero attached hydrogens (tertiary/aromatic N) is 1. The lowest BCUT2D eigenvalue weighted by molar-refractivity contribution is -0.0367. The Balaban J connectivity index is 1.36. The molecule has 3 fully saturated rings. The fourth-order valence-corrected chi connectivity index (χ4v) is 4.28. The van der Waals surface area contributed by atoms with Crippen LogP contribution in [0.4, 0.5) is 0 Å². The zero-order chi connectivity index (χ0) is 15.0. The minimum absolute atomic E-state index is 0.171. The molecule has 0 unspecified atom stereocenters. The number of para-hydroxylation sites is 1. The van der Waals surface area contributed by atoms with Gasteiger partial charge in [-0.25, -0.2) is 0 Å². The number of hydrogen-bond donors (Lipinski definition) is 1. The quantitative estimate of drug-likeness (QED) is 0.926. The minimum atomic E-state index is 0.171. The van der Waals surface area contributed by atoms with Crippen LogP contribution in [0, 0.1) is 0 Å². The molecule has 1 aromatic carbocycles. The molecular formula is C18H26N2O2. The van der Waals surface area contributed by atoms with E-state index in [1.54, 1.807) is 7.11 Å². The number of nitrogens with one attached hydrogen (secondary N) is 1. The maximum absolute atomic E-state index is 6.07. The summed E-state index contributed by atoms with van der Waals surface area (Å²) >= 11 is 0. The topological polar surface area (TPSA) is 33.7 Å². The highest BCUT2D eigenvalue weighted by molar-refractivity contribution is 5.36. The summed E-state index contributed by atoms with van der Waals surface area (Å²) < 4.78 is 11.6. The Bertz CT molecular complexity index is 522. The number of methoxy groups -OCH3 is 1. The molecule has 4 rings (SSSR count). The van der Waals surface area contributed by atoms with E-state index >= 15 is 0 Å². The lowest BCUT2D eigenvalue weighted by atomic mass is 9.86. The van der Waals surface area contributed by atoms with Gasteiger partial charge in [0, 0.05) is 19.1 Å². The zero-order valence-corrected chi connectivity index (χ0v) is 13.4. The fourth-order valence-electron chi connectivity index (χ4n) is 4.28. The molecule has 0 amide bonds. The molecule has 1 aromatic rings. The lowest BCUT2D eigenvalue weighted by Gasteiger charge is -2.40. The molecule has 3 heterocycles. The average molecular weight is 302 g/mol. The monoisotopic (exact) mass is 302 g/mol. The molecule has 3 aliphatic heterocycles. The third kappa shape index (κ3) is 2.53.